The van der Waals surface area contributed by atoms with Crippen LogP contribution in [0.1, 0.15) is 149 Å². The number of aromatic nitrogens is 9. The average Bonchev–Trinajstić information content (AvgIpc) is 0.887. The molecule has 23 nitrogen and oxygen atoms in total. The monoisotopic (exact) mass is 1550 g/mol. The number of aryl methyl sites for hydroxylation is 6. The molecule has 9 heterocycles. The highest BCUT2D eigenvalue weighted by atomic mass is 79.9. The molecule has 6 aromatic rings. The van der Waals surface area contributed by atoms with Crippen LogP contribution in [0.15, 0.2) is 89.0 Å². The third-order valence-corrected chi connectivity index (χ3v) is 19.3. The van der Waals surface area contributed by atoms with Crippen molar-refractivity contribution >= 4 is 84.6 Å². The van der Waals surface area contributed by atoms with Crippen LogP contribution in [-0.4, -0.2) is 203 Å². The number of nitrogens with one attached hydrogen (secondary N) is 4. The molecule has 3 aliphatic heterocycles. The number of pyridine rings is 3. The Morgan fingerprint density at radius 3 is 1.35 bits per heavy atom. The quantitative estimate of drug-likeness (QED) is 0.0130. The van der Waals surface area contributed by atoms with E-state index in [1.54, 1.807) is 24.7 Å². The maximum Gasteiger partial charge on any atom is 0.326 e. The van der Waals surface area contributed by atoms with Crippen LogP contribution in [0.25, 0.3) is 0 Å². The third kappa shape index (κ3) is 33.0. The molecule has 0 unspecified atom stereocenters. The van der Waals surface area contributed by atoms with Crippen molar-refractivity contribution in [2.45, 2.75) is 166 Å². The van der Waals surface area contributed by atoms with E-state index >= 15 is 0 Å². The second-order valence-corrected chi connectivity index (χ2v) is 27.5. The van der Waals surface area contributed by atoms with E-state index in [1.807, 2.05) is 0 Å². The van der Waals surface area contributed by atoms with Gasteiger partial charge >= 0.3 is 17.9 Å². The number of alkyl halides is 3. The van der Waals surface area contributed by atoms with E-state index in [1.165, 1.54) is 42.1 Å². The van der Waals surface area contributed by atoms with Crippen LogP contribution in [0, 0.1) is 5.92 Å². The number of aliphatic carboxylic acids is 3. The number of anilines is 4. The van der Waals surface area contributed by atoms with Crippen molar-refractivity contribution in [2.24, 2.45) is 11.7 Å². The van der Waals surface area contributed by atoms with Gasteiger partial charge in [-0.05, 0) is 247 Å². The summed E-state index contributed by atoms with van der Waals surface area (Å²) in [5, 5.41) is 41.6. The Bertz CT molecular complexity index is 3330. The van der Waals surface area contributed by atoms with Crippen LogP contribution in [0.5, 0.6) is 0 Å². The van der Waals surface area contributed by atoms with Gasteiger partial charge in [0, 0.05) is 93.6 Å². The molecule has 9 rings (SSSR count). The average molecular weight is 1550 g/mol. The van der Waals surface area contributed by atoms with Crippen LogP contribution in [0.4, 0.5) is 36.4 Å². The molecule has 29 heteroatoms. The number of carbonyl (C=O) groups is 3. The van der Waals surface area contributed by atoms with Crippen molar-refractivity contribution in [3.8, 4) is 0 Å². The molecule has 0 aliphatic carbocycles. The largest absolute Gasteiger partial charge is 0.481 e. The van der Waals surface area contributed by atoms with Crippen LogP contribution >= 0.6 is 43.5 Å². The lowest BCUT2D eigenvalue weighted by Crippen LogP contribution is -2.36. The summed E-state index contributed by atoms with van der Waals surface area (Å²) in [6.45, 7) is 8.60. The Hall–Kier alpha value is -6.82. The molecule has 0 saturated heterocycles. The van der Waals surface area contributed by atoms with E-state index in [4.69, 9.17) is 37.4 Å². The van der Waals surface area contributed by atoms with E-state index in [9.17, 15) is 37.8 Å². The Labute approximate surface area is 614 Å². The SMILES string of the molecule is Clc1ncncc1Br.N[C@@H](CCCCN(CCCF)CCCCc1ccc2c(n1)NCCC2)C(=O)O.O=C(O)[C@H](CCN(CCCF)CCCCc1ccc2c(n1)NCCC2)Cc1ccncn1.O=C(O)[C@H](CCN(CCCF)CCCCc1ccc2c(n1)NCCC2)Nc1ncncc1Br. The molecule has 3 atom stereocenters. The molecule has 9 N–H and O–H groups in total. The zero-order chi connectivity index (χ0) is 72.2. The smallest absolute Gasteiger partial charge is 0.326 e. The van der Waals surface area contributed by atoms with Crippen LogP contribution in [0.2, 0.25) is 5.15 Å². The highest BCUT2D eigenvalue weighted by molar-refractivity contribution is 9.11. The lowest BCUT2D eigenvalue weighted by molar-refractivity contribution is -0.142. The fourth-order valence-corrected chi connectivity index (χ4v) is 12.6. The number of hydrogen-bond acceptors (Lipinski definition) is 20. The van der Waals surface area contributed by atoms with Gasteiger partial charge in [0.15, 0.2) is 0 Å². The lowest BCUT2D eigenvalue weighted by Gasteiger charge is -2.24. The van der Waals surface area contributed by atoms with E-state index in [0.29, 0.717) is 86.6 Å². The Balaban J connectivity index is 0.000000226. The third-order valence-electron chi connectivity index (χ3n) is 17.6. The van der Waals surface area contributed by atoms with Gasteiger partial charge in [0.1, 0.15) is 59.5 Å². The zero-order valence-corrected chi connectivity index (χ0v) is 62.0. The zero-order valence-electron chi connectivity index (χ0n) is 58.1. The predicted molar refractivity (Wildman–Crippen MR) is 398 cm³/mol. The molecule has 0 bridgehead atoms. The normalized spacial score (nSPS) is 13.8. The summed E-state index contributed by atoms with van der Waals surface area (Å²) in [4.78, 5) is 78.5. The van der Waals surface area contributed by atoms with E-state index in [0.717, 1.165) is 200 Å². The minimum atomic E-state index is -0.946. The molecular weight excluding hydrogens is 1450 g/mol. The van der Waals surface area contributed by atoms with Gasteiger partial charge in [-0.3, -0.25) is 22.8 Å². The fraction of sp³-hybridized carbons (Fsp3) is 0.583. The van der Waals surface area contributed by atoms with Crippen molar-refractivity contribution in [3.63, 3.8) is 0 Å². The topological polar surface area (TPSA) is 312 Å². The van der Waals surface area contributed by atoms with Crippen molar-refractivity contribution in [3.05, 3.63) is 134 Å². The number of fused-ring (bicyclic) bond motifs is 3. The summed E-state index contributed by atoms with van der Waals surface area (Å²) in [5.74, 6) is 0.324. The minimum Gasteiger partial charge on any atom is -0.481 e. The van der Waals surface area contributed by atoms with Gasteiger partial charge < -0.3 is 57.0 Å². The van der Waals surface area contributed by atoms with Crippen LogP contribution in [0.3, 0.4) is 0 Å². The number of carboxylic acids is 3. The second-order valence-electron chi connectivity index (χ2n) is 25.4. The Morgan fingerprint density at radius 1 is 0.505 bits per heavy atom. The van der Waals surface area contributed by atoms with E-state index in [2.05, 4.69) is 134 Å². The first kappa shape index (κ1) is 83.1. The first-order chi connectivity index (χ1) is 49.1. The van der Waals surface area contributed by atoms with Gasteiger partial charge in [-0.1, -0.05) is 36.2 Å². The minimum absolute atomic E-state index is 0.299. The maximum absolute atomic E-state index is 12.8. The number of rotatable bonds is 42. The summed E-state index contributed by atoms with van der Waals surface area (Å²) in [6, 6.07) is 13.1. The van der Waals surface area contributed by atoms with Gasteiger partial charge in [0.05, 0.1) is 34.9 Å². The first-order valence-corrected chi connectivity index (χ1v) is 37.6. The molecule has 0 fully saturated rings. The summed E-state index contributed by atoms with van der Waals surface area (Å²) >= 11 is 12.0. The molecule has 101 heavy (non-hydrogen) atoms. The van der Waals surface area contributed by atoms with E-state index in [-0.39, 0.29) is 20.0 Å². The molecule has 0 radical (unpaired) electrons. The molecular formula is C72H103Br2ClF3N17O6. The van der Waals surface area contributed by atoms with Gasteiger partial charge in [0.2, 0.25) is 0 Å². The molecule has 0 amide bonds. The second kappa shape index (κ2) is 49.0. The maximum atomic E-state index is 12.8. The molecule has 0 aromatic carbocycles. The number of halogens is 6. The van der Waals surface area contributed by atoms with Crippen LogP contribution in [-0.2, 0) is 59.3 Å². The Morgan fingerprint density at radius 2 is 0.941 bits per heavy atom. The Kier molecular flexibility index (Phi) is 40.3. The highest BCUT2D eigenvalue weighted by Gasteiger charge is 2.23. The first-order valence-electron chi connectivity index (χ1n) is 35.7. The number of nitrogens with two attached hydrogens (primary N) is 1. The van der Waals surface area contributed by atoms with Gasteiger partial charge in [0.25, 0.3) is 0 Å². The number of unbranched alkanes of at least 4 members (excludes halogenated alkanes) is 4. The van der Waals surface area contributed by atoms with Crippen molar-refractivity contribution in [1.29, 1.82) is 0 Å². The fourth-order valence-electron chi connectivity index (χ4n) is 11.9. The van der Waals surface area contributed by atoms with Gasteiger partial charge in [-0.15, -0.1) is 0 Å². The van der Waals surface area contributed by atoms with Gasteiger partial charge in [-0.2, -0.15) is 0 Å². The molecule has 3 aliphatic rings. The number of nitrogens with zero attached hydrogens (tertiary/aromatic N) is 12. The number of hydrogen-bond donors (Lipinski definition) is 8. The summed E-state index contributed by atoms with van der Waals surface area (Å²) < 4.78 is 39.5. The van der Waals surface area contributed by atoms with Crippen molar-refractivity contribution in [2.75, 3.05) is 120 Å². The molecule has 0 saturated carbocycles. The standard InChI is InChI=1S/C24H34FN5O2.C23H32BrFN6O2.C21H35FN4O2.C4H2BrClN2/c25-11-4-15-30(16-10-20(24(31)32)17-22-9-13-26-18-28-22)14-2-1-6-21-8-7-19-5-3-12-27-23(19)29-21;24-19-15-26-16-28-22(19)30-20(23(32)33)9-14-31(13-4-10-25)12-2-1-6-18-8-7-17-5-3-11-27-21(17)29-18;22-12-6-16-26(15-4-2-9-19(23)21(27)28)14-3-1-8-18-11-10-17-7-5-13-24-20(17)25-18;5-3-1-7-2-8-4(3)6/h7-9,13,18,20H,1-6,10-12,14-17H2,(H,27,29)(H,31,32);7-8,15-16,20H,1-6,9-14H2,(H,27,29)(H,32,33)(H,26,28,30);10-11,19H,1-9,12-16,23H2,(H,24,25)(H,27,28);1-2H/t2*20-;19-;/m100./s1. The summed E-state index contributed by atoms with van der Waals surface area (Å²) in [6.07, 6.45) is 29.4. The van der Waals surface area contributed by atoms with Crippen LogP contribution < -0.4 is 27.0 Å². The van der Waals surface area contributed by atoms with Crippen molar-refractivity contribution < 1.29 is 42.9 Å². The number of carboxylic acid groups (broad SMARTS) is 3. The molecule has 0 spiro atoms. The van der Waals surface area contributed by atoms with Gasteiger partial charge in [-0.25, -0.2) is 49.7 Å². The summed E-state index contributed by atoms with van der Waals surface area (Å²) in [5.41, 5.74) is 13.5. The molecule has 554 valence electrons. The summed E-state index contributed by atoms with van der Waals surface area (Å²) in [7, 11) is 0. The molecule has 6 aromatic heterocycles. The highest BCUT2D eigenvalue weighted by Crippen LogP contribution is 2.25. The predicted octanol–water partition coefficient (Wildman–Crippen LogP) is 12.4. The lowest BCUT2D eigenvalue weighted by atomic mass is 9.99. The van der Waals surface area contributed by atoms with E-state index < -0.39 is 35.9 Å². The van der Waals surface area contributed by atoms with Crippen molar-refractivity contribution in [1.82, 2.24) is 59.6 Å².